The summed E-state index contributed by atoms with van der Waals surface area (Å²) in [5.41, 5.74) is 0.00372. The molecule has 5 rings (SSSR count). The van der Waals surface area contributed by atoms with Crippen molar-refractivity contribution < 1.29 is 31.2 Å². The van der Waals surface area contributed by atoms with E-state index < -0.39 is 29.8 Å². The number of carbonyl (C=O) groups excluding carboxylic acids is 1. The molecule has 2 aromatic carbocycles. The Morgan fingerprint density at radius 3 is 2.71 bits per heavy atom. The lowest BCUT2D eigenvalue weighted by Crippen LogP contribution is -2.41. The van der Waals surface area contributed by atoms with E-state index in [1.165, 1.54) is 18.2 Å². The van der Waals surface area contributed by atoms with E-state index in [1.807, 2.05) is 0 Å². The first-order valence-electron chi connectivity index (χ1n) is 10.1. The zero-order valence-corrected chi connectivity index (χ0v) is 17.2. The highest BCUT2D eigenvalue weighted by atomic mass is 19.4. The third-order valence-electron chi connectivity index (χ3n) is 5.64. The zero-order chi connectivity index (χ0) is 24.0. The molecule has 34 heavy (non-hydrogen) atoms. The van der Waals surface area contributed by atoms with Crippen molar-refractivity contribution in [2.45, 2.75) is 25.1 Å². The molecule has 0 aliphatic carbocycles. The van der Waals surface area contributed by atoms with Gasteiger partial charge in [0, 0.05) is 17.6 Å². The molecule has 4 aromatic rings. The van der Waals surface area contributed by atoms with Gasteiger partial charge >= 0.3 is 6.18 Å². The van der Waals surface area contributed by atoms with E-state index in [4.69, 9.17) is 4.42 Å². The number of hydrogen-bond acceptors (Lipinski definition) is 6. The zero-order valence-electron chi connectivity index (χ0n) is 17.2. The van der Waals surface area contributed by atoms with Gasteiger partial charge < -0.3 is 14.6 Å². The Morgan fingerprint density at radius 1 is 1.18 bits per heavy atom. The maximum absolute atomic E-state index is 14.7. The number of aromatic amines is 1. The van der Waals surface area contributed by atoms with E-state index in [0.717, 1.165) is 23.3 Å². The number of halogens is 5. The molecule has 0 bridgehead atoms. The second kappa shape index (κ2) is 8.08. The molecule has 0 spiro atoms. The number of rotatable bonds is 4. The maximum Gasteiger partial charge on any atom is 0.408 e. The van der Waals surface area contributed by atoms with Crippen molar-refractivity contribution >= 4 is 28.3 Å². The predicted molar refractivity (Wildman–Crippen MR) is 110 cm³/mol. The van der Waals surface area contributed by atoms with Crippen LogP contribution < -0.4 is 10.2 Å². The molecule has 0 radical (unpaired) electrons. The summed E-state index contributed by atoms with van der Waals surface area (Å²) in [5, 5.41) is 15.6. The van der Waals surface area contributed by atoms with Crippen LogP contribution in [0.5, 0.6) is 0 Å². The Morgan fingerprint density at radius 2 is 2.00 bits per heavy atom. The van der Waals surface area contributed by atoms with Crippen LogP contribution in [0, 0.1) is 11.6 Å². The van der Waals surface area contributed by atoms with Crippen molar-refractivity contribution in [3.8, 4) is 11.4 Å². The molecule has 1 fully saturated rings. The quantitative estimate of drug-likeness (QED) is 0.414. The van der Waals surface area contributed by atoms with Crippen LogP contribution in [0.3, 0.4) is 0 Å². The summed E-state index contributed by atoms with van der Waals surface area (Å²) in [5.74, 6) is -2.33. The molecule has 1 unspecified atom stereocenters. The fourth-order valence-electron chi connectivity index (χ4n) is 4.08. The number of H-pyrrole nitrogens is 1. The van der Waals surface area contributed by atoms with E-state index in [2.05, 4.69) is 25.9 Å². The highest BCUT2D eigenvalue weighted by molar-refractivity contribution is 6.12. The predicted octanol–water partition coefficient (Wildman–Crippen LogP) is 4.67. The fourth-order valence-corrected chi connectivity index (χ4v) is 4.08. The summed E-state index contributed by atoms with van der Waals surface area (Å²) >= 11 is 0. The first-order valence-corrected chi connectivity index (χ1v) is 10.1. The standard InChI is InChI=1S/C21H15F5N6O2/c22-14-7-11-13(9-34-17(11)8-12(14)19-28-30-31-29-19)20(33)27-10-3-4-16(15(23)6-10)32-5-1-2-18(32)21(24,25)26/h3-4,6-9,18H,1-2,5H2,(H,27,33)(H,28,29,30,31). The molecule has 2 aromatic heterocycles. The van der Waals surface area contributed by atoms with Crippen molar-refractivity contribution in [3.05, 3.63) is 53.8 Å². The molecular formula is C21H15F5N6O2. The number of aromatic nitrogens is 4. The summed E-state index contributed by atoms with van der Waals surface area (Å²) in [7, 11) is 0. The highest BCUT2D eigenvalue weighted by Crippen LogP contribution is 2.37. The molecule has 1 amide bonds. The van der Waals surface area contributed by atoms with Crippen molar-refractivity contribution in [1.29, 1.82) is 0 Å². The van der Waals surface area contributed by atoms with E-state index in [9.17, 15) is 26.7 Å². The largest absolute Gasteiger partial charge is 0.463 e. The number of benzene rings is 2. The first kappa shape index (κ1) is 21.8. The molecule has 1 aliphatic rings. The van der Waals surface area contributed by atoms with Crippen LogP contribution in [0.15, 0.2) is 41.0 Å². The van der Waals surface area contributed by atoms with Crippen molar-refractivity contribution in [3.63, 3.8) is 0 Å². The second-order valence-corrected chi connectivity index (χ2v) is 7.73. The smallest absolute Gasteiger partial charge is 0.408 e. The number of tetrazole rings is 1. The summed E-state index contributed by atoms with van der Waals surface area (Å²) in [4.78, 5) is 13.7. The van der Waals surface area contributed by atoms with Crippen LogP contribution >= 0.6 is 0 Å². The van der Waals surface area contributed by atoms with Gasteiger partial charge in [-0.05, 0) is 48.4 Å². The van der Waals surface area contributed by atoms with Gasteiger partial charge in [0.15, 0.2) is 0 Å². The van der Waals surface area contributed by atoms with Crippen molar-refractivity contribution in [2.75, 3.05) is 16.8 Å². The Labute approximate surface area is 187 Å². The Bertz CT molecular complexity index is 1370. The van der Waals surface area contributed by atoms with Crippen LogP contribution in [-0.2, 0) is 0 Å². The molecule has 0 saturated carbocycles. The van der Waals surface area contributed by atoms with Gasteiger partial charge in [-0.15, -0.1) is 10.2 Å². The molecule has 2 N–H and O–H groups in total. The number of amides is 1. The highest BCUT2D eigenvalue weighted by Gasteiger charge is 2.46. The molecule has 176 valence electrons. The van der Waals surface area contributed by atoms with Gasteiger partial charge in [0.1, 0.15) is 29.5 Å². The van der Waals surface area contributed by atoms with Gasteiger partial charge in [-0.25, -0.2) is 8.78 Å². The number of anilines is 2. The molecule has 8 nitrogen and oxygen atoms in total. The number of alkyl halides is 3. The first-order chi connectivity index (χ1) is 16.2. The van der Waals surface area contributed by atoms with Gasteiger partial charge in [-0.2, -0.15) is 18.4 Å². The maximum atomic E-state index is 14.7. The lowest BCUT2D eigenvalue weighted by atomic mass is 10.1. The van der Waals surface area contributed by atoms with Gasteiger partial charge in [0.05, 0.1) is 16.8 Å². The van der Waals surface area contributed by atoms with Gasteiger partial charge in [-0.3, -0.25) is 4.79 Å². The monoisotopic (exact) mass is 478 g/mol. The molecule has 1 aliphatic heterocycles. The third-order valence-corrected chi connectivity index (χ3v) is 5.64. The number of carbonyl (C=O) groups is 1. The average Bonchev–Trinajstić information content (AvgIpc) is 3.53. The number of fused-ring (bicyclic) bond motifs is 1. The van der Waals surface area contributed by atoms with Crippen LogP contribution in [0.2, 0.25) is 0 Å². The van der Waals surface area contributed by atoms with Crippen LogP contribution in [0.1, 0.15) is 23.2 Å². The van der Waals surface area contributed by atoms with Crippen LogP contribution in [-0.4, -0.2) is 45.3 Å². The normalized spacial score (nSPS) is 16.4. The summed E-state index contributed by atoms with van der Waals surface area (Å²) < 4.78 is 74.3. The van der Waals surface area contributed by atoms with Crippen molar-refractivity contribution in [2.24, 2.45) is 0 Å². The lowest BCUT2D eigenvalue weighted by molar-refractivity contribution is -0.146. The summed E-state index contributed by atoms with van der Waals surface area (Å²) in [6.07, 6.45) is -3.18. The summed E-state index contributed by atoms with van der Waals surface area (Å²) in [6.45, 7) is 0.0746. The molecule has 1 atom stereocenters. The number of hydrogen-bond donors (Lipinski definition) is 2. The fraction of sp³-hybridized carbons (Fsp3) is 0.238. The topological polar surface area (TPSA) is 99.9 Å². The average molecular weight is 478 g/mol. The minimum Gasteiger partial charge on any atom is -0.463 e. The molecule has 3 heterocycles. The number of nitrogens with zero attached hydrogens (tertiary/aromatic N) is 4. The van der Waals surface area contributed by atoms with E-state index in [-0.39, 0.29) is 52.3 Å². The SMILES string of the molecule is O=C(Nc1ccc(N2CCCC2C(F)(F)F)c(F)c1)c1coc2cc(-c3nn[nH]n3)c(F)cc12. The molecule has 1 saturated heterocycles. The van der Waals surface area contributed by atoms with E-state index >= 15 is 0 Å². The van der Waals surface area contributed by atoms with Gasteiger partial charge in [-0.1, -0.05) is 0 Å². The Kier molecular flexibility index (Phi) is 5.18. The minimum atomic E-state index is -4.48. The summed E-state index contributed by atoms with van der Waals surface area (Å²) in [6, 6.07) is 4.07. The van der Waals surface area contributed by atoms with Gasteiger partial charge in [0.2, 0.25) is 5.82 Å². The Balaban J connectivity index is 1.38. The molecular weight excluding hydrogens is 463 g/mol. The number of furan rings is 1. The molecule has 13 heteroatoms. The van der Waals surface area contributed by atoms with Crippen LogP contribution in [0.25, 0.3) is 22.4 Å². The second-order valence-electron chi connectivity index (χ2n) is 7.73. The van der Waals surface area contributed by atoms with E-state index in [0.29, 0.717) is 6.42 Å². The van der Waals surface area contributed by atoms with Crippen LogP contribution in [0.4, 0.5) is 33.3 Å². The van der Waals surface area contributed by atoms with Gasteiger partial charge in [0.25, 0.3) is 5.91 Å². The third kappa shape index (κ3) is 3.82. The number of nitrogens with one attached hydrogen (secondary N) is 2. The van der Waals surface area contributed by atoms with Crippen molar-refractivity contribution in [1.82, 2.24) is 20.6 Å². The van der Waals surface area contributed by atoms with E-state index in [1.54, 1.807) is 0 Å². The minimum absolute atomic E-state index is 0.00290. The lowest BCUT2D eigenvalue weighted by Gasteiger charge is -2.28. The Hall–Kier alpha value is -4.03.